The predicted octanol–water partition coefficient (Wildman–Crippen LogP) is 0.807. The number of piperidine rings is 1. The van der Waals surface area contributed by atoms with Crippen molar-refractivity contribution in [1.82, 2.24) is 15.5 Å². The fourth-order valence-corrected chi connectivity index (χ4v) is 4.39. The lowest BCUT2D eigenvalue weighted by molar-refractivity contribution is -0.136. The summed E-state index contributed by atoms with van der Waals surface area (Å²) in [6.07, 6.45) is 5.05. The van der Waals surface area contributed by atoms with Crippen LogP contribution < -0.4 is 16.4 Å². The van der Waals surface area contributed by atoms with Crippen molar-refractivity contribution in [2.45, 2.75) is 69.7 Å². The minimum Gasteiger partial charge on any atom is -0.328 e. The molecule has 3 aliphatic rings. The summed E-state index contributed by atoms with van der Waals surface area (Å²) in [6.45, 7) is 1.13. The smallest absolute Gasteiger partial charge is 0.255 e. The lowest BCUT2D eigenvalue weighted by atomic mass is 9.91. The van der Waals surface area contributed by atoms with Crippen molar-refractivity contribution in [3.63, 3.8) is 0 Å². The minimum absolute atomic E-state index is 0.124. The highest BCUT2D eigenvalue weighted by Gasteiger charge is 2.39. The van der Waals surface area contributed by atoms with E-state index in [-0.39, 0.29) is 30.2 Å². The largest absolute Gasteiger partial charge is 0.328 e. The van der Waals surface area contributed by atoms with Crippen molar-refractivity contribution in [3.05, 3.63) is 34.9 Å². The summed E-state index contributed by atoms with van der Waals surface area (Å²) in [5, 5.41) is 5.89. The Bertz CT molecular complexity index is 778. The van der Waals surface area contributed by atoms with Gasteiger partial charge in [-0.05, 0) is 42.9 Å². The van der Waals surface area contributed by atoms with Crippen LogP contribution in [0.1, 0.15) is 60.0 Å². The van der Waals surface area contributed by atoms with E-state index in [1.165, 1.54) is 0 Å². The third-order valence-electron chi connectivity index (χ3n) is 5.90. The van der Waals surface area contributed by atoms with E-state index in [4.69, 9.17) is 5.73 Å². The van der Waals surface area contributed by atoms with Crippen LogP contribution in [0.3, 0.4) is 0 Å². The summed E-state index contributed by atoms with van der Waals surface area (Å²) in [6, 6.07) is 6.09. The molecule has 0 aromatic heterocycles. The Hall–Kier alpha value is -2.25. The Morgan fingerprint density at radius 2 is 2.04 bits per heavy atom. The zero-order valence-electron chi connectivity index (χ0n) is 15.4. The van der Waals surface area contributed by atoms with Gasteiger partial charge in [-0.3, -0.25) is 19.7 Å². The normalized spacial score (nSPS) is 28.3. The van der Waals surface area contributed by atoms with E-state index in [2.05, 4.69) is 10.6 Å². The summed E-state index contributed by atoms with van der Waals surface area (Å²) in [5.41, 5.74) is 8.71. The van der Waals surface area contributed by atoms with Crippen LogP contribution in [-0.2, 0) is 22.7 Å². The quantitative estimate of drug-likeness (QED) is 0.680. The fourth-order valence-electron chi connectivity index (χ4n) is 4.39. The number of nitrogens with zero attached hydrogens (tertiary/aromatic N) is 1. The van der Waals surface area contributed by atoms with Crippen molar-refractivity contribution >= 4 is 17.7 Å². The molecule has 1 aromatic rings. The van der Waals surface area contributed by atoms with E-state index >= 15 is 0 Å². The maximum atomic E-state index is 12.8. The number of carbonyl (C=O) groups is 3. The number of imide groups is 1. The molecule has 2 fully saturated rings. The molecule has 3 unspecified atom stereocenters. The average Bonchev–Trinajstić information content (AvgIpc) is 2.96. The monoisotopic (exact) mass is 370 g/mol. The molecule has 144 valence electrons. The molecule has 0 radical (unpaired) electrons. The van der Waals surface area contributed by atoms with Gasteiger partial charge in [-0.25, -0.2) is 0 Å². The van der Waals surface area contributed by atoms with Gasteiger partial charge in [-0.15, -0.1) is 0 Å². The molecule has 3 atom stereocenters. The first kappa shape index (κ1) is 18.1. The summed E-state index contributed by atoms with van der Waals surface area (Å²) in [7, 11) is 0. The number of benzene rings is 1. The molecule has 7 nitrogen and oxygen atoms in total. The average molecular weight is 370 g/mol. The van der Waals surface area contributed by atoms with Gasteiger partial charge >= 0.3 is 0 Å². The van der Waals surface area contributed by atoms with E-state index in [0.29, 0.717) is 31.1 Å². The maximum absolute atomic E-state index is 12.8. The third kappa shape index (κ3) is 3.75. The Kier molecular flexibility index (Phi) is 4.97. The highest BCUT2D eigenvalue weighted by Crippen LogP contribution is 2.28. The van der Waals surface area contributed by atoms with Crippen LogP contribution in [0.2, 0.25) is 0 Å². The molecule has 4 N–H and O–H groups in total. The lowest BCUT2D eigenvalue weighted by Crippen LogP contribution is -2.52. The number of nitrogens with two attached hydrogens (primary N) is 1. The number of hydrogen-bond donors (Lipinski definition) is 3. The van der Waals surface area contributed by atoms with Gasteiger partial charge in [0.25, 0.3) is 5.91 Å². The molecule has 0 bridgehead atoms. The van der Waals surface area contributed by atoms with E-state index in [1.54, 1.807) is 4.90 Å². The first-order valence-electron chi connectivity index (χ1n) is 9.76. The maximum Gasteiger partial charge on any atom is 0.255 e. The van der Waals surface area contributed by atoms with Crippen LogP contribution in [0, 0.1) is 0 Å². The second-order valence-electron chi connectivity index (χ2n) is 7.90. The van der Waals surface area contributed by atoms with Gasteiger partial charge in [0.2, 0.25) is 11.8 Å². The summed E-state index contributed by atoms with van der Waals surface area (Å²) >= 11 is 0. The number of rotatable bonds is 4. The predicted molar refractivity (Wildman–Crippen MR) is 99.6 cm³/mol. The standard InChI is InChI=1S/C20H26N4O3/c21-14-2-1-3-15(9-14)22-10-12-4-5-13-11-24(20(27)16(13)8-12)17-6-7-18(25)23-19(17)26/h4-5,8,14-15,17,22H,1-3,6-7,9-11,21H2,(H,23,25,26). The van der Waals surface area contributed by atoms with Gasteiger partial charge < -0.3 is 16.0 Å². The summed E-state index contributed by atoms with van der Waals surface area (Å²) < 4.78 is 0. The van der Waals surface area contributed by atoms with E-state index < -0.39 is 6.04 Å². The number of fused-ring (bicyclic) bond motifs is 1. The van der Waals surface area contributed by atoms with E-state index in [1.807, 2.05) is 18.2 Å². The Balaban J connectivity index is 1.42. The highest BCUT2D eigenvalue weighted by atomic mass is 16.2. The van der Waals surface area contributed by atoms with Crippen LogP contribution in [0.25, 0.3) is 0 Å². The molecular weight excluding hydrogens is 344 g/mol. The molecule has 27 heavy (non-hydrogen) atoms. The lowest BCUT2D eigenvalue weighted by Gasteiger charge is -2.29. The first-order valence-corrected chi connectivity index (χ1v) is 9.76. The molecule has 2 aliphatic heterocycles. The number of nitrogens with one attached hydrogen (secondary N) is 2. The molecule has 1 saturated carbocycles. The van der Waals surface area contributed by atoms with Crippen LogP contribution >= 0.6 is 0 Å². The van der Waals surface area contributed by atoms with Gasteiger partial charge in [0, 0.05) is 37.2 Å². The molecule has 3 amide bonds. The molecule has 4 rings (SSSR count). The topological polar surface area (TPSA) is 105 Å². The third-order valence-corrected chi connectivity index (χ3v) is 5.90. The number of carbonyl (C=O) groups excluding carboxylic acids is 3. The van der Waals surface area contributed by atoms with Gasteiger partial charge in [0.05, 0.1) is 0 Å². The van der Waals surface area contributed by atoms with Crippen molar-refractivity contribution < 1.29 is 14.4 Å². The van der Waals surface area contributed by atoms with E-state index in [9.17, 15) is 14.4 Å². The SMILES string of the molecule is NC1CCCC(NCc2ccc3c(c2)C(=O)N(C2CCC(=O)NC2=O)C3)C1. The Morgan fingerprint density at radius 1 is 1.19 bits per heavy atom. The molecule has 1 aliphatic carbocycles. The van der Waals surface area contributed by atoms with Crippen LogP contribution in [0.4, 0.5) is 0 Å². The van der Waals surface area contributed by atoms with Crippen molar-refractivity contribution in [3.8, 4) is 0 Å². The molecular formula is C20H26N4O3. The zero-order chi connectivity index (χ0) is 19.0. The Morgan fingerprint density at radius 3 is 2.81 bits per heavy atom. The van der Waals surface area contributed by atoms with Gasteiger partial charge in [-0.1, -0.05) is 18.6 Å². The van der Waals surface area contributed by atoms with Crippen molar-refractivity contribution in [2.75, 3.05) is 0 Å². The first-order chi connectivity index (χ1) is 13.0. The number of hydrogen-bond acceptors (Lipinski definition) is 5. The Labute approximate surface area is 158 Å². The van der Waals surface area contributed by atoms with Crippen LogP contribution in [0.15, 0.2) is 18.2 Å². The summed E-state index contributed by atoms with van der Waals surface area (Å²) in [5.74, 6) is -0.764. The minimum atomic E-state index is -0.562. The highest BCUT2D eigenvalue weighted by molar-refractivity contribution is 6.05. The second kappa shape index (κ2) is 7.40. The van der Waals surface area contributed by atoms with Crippen molar-refractivity contribution in [2.24, 2.45) is 5.73 Å². The molecule has 1 aromatic carbocycles. The molecule has 1 saturated heterocycles. The van der Waals surface area contributed by atoms with Gasteiger partial charge in [0.1, 0.15) is 6.04 Å². The second-order valence-corrected chi connectivity index (χ2v) is 7.90. The zero-order valence-corrected chi connectivity index (χ0v) is 15.4. The van der Waals surface area contributed by atoms with Gasteiger partial charge in [0.15, 0.2) is 0 Å². The summed E-state index contributed by atoms with van der Waals surface area (Å²) in [4.78, 5) is 37.9. The van der Waals surface area contributed by atoms with E-state index in [0.717, 1.165) is 36.8 Å². The van der Waals surface area contributed by atoms with Crippen LogP contribution in [-0.4, -0.2) is 40.7 Å². The molecule has 7 heteroatoms. The fraction of sp³-hybridized carbons (Fsp3) is 0.550. The number of amides is 3. The molecule has 2 heterocycles. The molecule has 0 spiro atoms. The van der Waals surface area contributed by atoms with Crippen LogP contribution in [0.5, 0.6) is 0 Å². The van der Waals surface area contributed by atoms with Crippen molar-refractivity contribution in [1.29, 1.82) is 0 Å². The van der Waals surface area contributed by atoms with Gasteiger partial charge in [-0.2, -0.15) is 0 Å².